The van der Waals surface area contributed by atoms with Gasteiger partial charge in [-0.3, -0.25) is 0 Å². The van der Waals surface area contributed by atoms with E-state index in [0.717, 1.165) is 52.5 Å². The van der Waals surface area contributed by atoms with Crippen LogP contribution in [0.3, 0.4) is 0 Å². The third-order valence-corrected chi connectivity index (χ3v) is 6.11. The van der Waals surface area contributed by atoms with Crippen LogP contribution < -0.4 is 11.1 Å². The molecule has 0 spiro atoms. The zero-order chi connectivity index (χ0) is 24.9. The smallest absolute Gasteiger partial charge is 0.230 e. The minimum absolute atomic E-state index is 0.442. The Morgan fingerprint density at radius 2 is 1.74 bits per heavy atom. The summed E-state index contributed by atoms with van der Waals surface area (Å²) in [6.07, 6.45) is 7.14. The number of nitrogens with two attached hydrogens (primary N) is 1. The maximum atomic E-state index is 6.39. The van der Waals surface area contributed by atoms with E-state index >= 15 is 0 Å². The Labute approximate surface area is 207 Å². The molecule has 0 saturated carbocycles. The minimum Gasteiger partial charge on any atom is -0.383 e. The number of hydrogen-bond donors (Lipinski definition) is 2. The predicted molar refractivity (Wildman–Crippen MR) is 148 cm³/mol. The Balaban J connectivity index is 1.79. The third kappa shape index (κ3) is 5.26. The van der Waals surface area contributed by atoms with Crippen molar-refractivity contribution in [3.63, 3.8) is 0 Å². The molecule has 0 bridgehead atoms. The number of nitrogen functional groups attached to an aromatic ring is 1. The summed E-state index contributed by atoms with van der Waals surface area (Å²) in [4.78, 5) is 14.1. The van der Waals surface area contributed by atoms with Crippen LogP contribution in [0.25, 0.3) is 28.1 Å². The lowest BCUT2D eigenvalue weighted by Crippen LogP contribution is -2.05. The first-order chi connectivity index (χ1) is 16.9. The molecule has 0 atom stereocenters. The summed E-state index contributed by atoms with van der Waals surface area (Å²) >= 11 is 0. The van der Waals surface area contributed by atoms with Gasteiger partial charge < -0.3 is 11.1 Å². The quantitative estimate of drug-likeness (QED) is 0.278. The highest BCUT2D eigenvalue weighted by Crippen LogP contribution is 2.35. The molecule has 2 heterocycles. The molecular formula is C30H33N5. The number of hydrogen-bond acceptors (Lipinski definition) is 5. The molecule has 0 fully saturated rings. The number of pyridine rings is 1. The first-order valence-electron chi connectivity index (χ1n) is 12.2. The Bertz CT molecular complexity index is 1420. The molecule has 3 N–H and O–H groups in total. The molecule has 2 aromatic heterocycles. The molecule has 0 unspecified atom stereocenters. The summed E-state index contributed by atoms with van der Waals surface area (Å²) < 4.78 is 0. The minimum atomic E-state index is 0.442. The SMILES string of the molecule is CCC=C=Cc1cc(C)c(-c2cccc3c(N)nc(Nc4ccc(CCC)c(C)n4)nc23)c(C)c1. The fraction of sp³-hybridized carbons (Fsp3) is 0.267. The van der Waals surface area contributed by atoms with E-state index in [4.69, 9.17) is 15.7 Å². The third-order valence-electron chi connectivity index (χ3n) is 6.11. The fourth-order valence-electron chi connectivity index (χ4n) is 4.52. The van der Waals surface area contributed by atoms with E-state index in [0.29, 0.717) is 17.6 Å². The lowest BCUT2D eigenvalue weighted by Gasteiger charge is -2.15. The summed E-state index contributed by atoms with van der Waals surface area (Å²) in [6.45, 7) is 10.6. The summed E-state index contributed by atoms with van der Waals surface area (Å²) in [5.41, 5.74) is 18.4. The van der Waals surface area contributed by atoms with Crippen LogP contribution in [0.5, 0.6) is 0 Å². The number of nitrogens with one attached hydrogen (secondary N) is 1. The van der Waals surface area contributed by atoms with Gasteiger partial charge in [0.05, 0.1) is 5.52 Å². The van der Waals surface area contributed by atoms with Gasteiger partial charge in [-0.2, -0.15) is 4.98 Å². The van der Waals surface area contributed by atoms with Gasteiger partial charge in [0, 0.05) is 16.6 Å². The van der Waals surface area contributed by atoms with Gasteiger partial charge in [0.25, 0.3) is 0 Å². The van der Waals surface area contributed by atoms with E-state index in [9.17, 15) is 0 Å². The molecule has 0 amide bonds. The van der Waals surface area contributed by atoms with Crippen LogP contribution in [0.1, 0.15) is 54.6 Å². The Morgan fingerprint density at radius 3 is 2.43 bits per heavy atom. The number of anilines is 3. The highest BCUT2D eigenvalue weighted by Gasteiger charge is 2.15. The van der Waals surface area contributed by atoms with E-state index in [-0.39, 0.29) is 0 Å². The first-order valence-corrected chi connectivity index (χ1v) is 12.2. The van der Waals surface area contributed by atoms with Gasteiger partial charge >= 0.3 is 0 Å². The molecule has 178 valence electrons. The van der Waals surface area contributed by atoms with Gasteiger partial charge in [-0.05, 0) is 85.7 Å². The molecule has 4 rings (SSSR count). The molecule has 35 heavy (non-hydrogen) atoms. The van der Waals surface area contributed by atoms with Crippen molar-refractivity contribution in [1.82, 2.24) is 15.0 Å². The van der Waals surface area contributed by atoms with Crippen molar-refractivity contribution in [2.45, 2.75) is 53.9 Å². The van der Waals surface area contributed by atoms with E-state index in [1.54, 1.807) is 0 Å². The van der Waals surface area contributed by atoms with Crippen molar-refractivity contribution in [1.29, 1.82) is 0 Å². The second kappa shape index (κ2) is 10.5. The molecule has 4 aromatic rings. The van der Waals surface area contributed by atoms with Gasteiger partial charge in [-0.1, -0.05) is 50.6 Å². The van der Waals surface area contributed by atoms with E-state index in [1.165, 1.54) is 16.7 Å². The lowest BCUT2D eigenvalue weighted by molar-refractivity contribution is 0.899. The largest absolute Gasteiger partial charge is 0.383 e. The second-order valence-corrected chi connectivity index (χ2v) is 8.90. The number of rotatable bonds is 7. The number of aromatic nitrogens is 3. The van der Waals surface area contributed by atoms with Crippen LogP contribution in [-0.4, -0.2) is 15.0 Å². The fourth-order valence-corrected chi connectivity index (χ4v) is 4.52. The molecule has 0 aliphatic heterocycles. The van der Waals surface area contributed by atoms with Crippen LogP contribution in [0, 0.1) is 20.8 Å². The molecular weight excluding hydrogens is 430 g/mol. The summed E-state index contributed by atoms with van der Waals surface area (Å²) in [5.74, 6) is 1.60. The van der Waals surface area contributed by atoms with Gasteiger partial charge in [-0.15, -0.1) is 5.73 Å². The Morgan fingerprint density at radius 1 is 0.971 bits per heavy atom. The number of allylic oxidation sites excluding steroid dienone is 1. The molecule has 0 aliphatic rings. The lowest BCUT2D eigenvalue weighted by atomic mass is 9.92. The van der Waals surface area contributed by atoms with Gasteiger partial charge in [0.2, 0.25) is 5.95 Å². The standard InChI is InChI=1S/C30H33N5/c1-6-8-9-12-22-17-19(3)27(20(4)18-22)24-13-10-14-25-28(24)34-30(35-29(25)31)33-26-16-15-23(11-7-2)21(5)32-26/h8,10,12-18H,6-7,11H2,1-5H3,(H3,31,32,33,34,35). The summed E-state index contributed by atoms with van der Waals surface area (Å²) in [7, 11) is 0. The Kier molecular flexibility index (Phi) is 7.28. The topological polar surface area (TPSA) is 76.7 Å². The van der Waals surface area contributed by atoms with E-state index < -0.39 is 0 Å². The Hall–Kier alpha value is -3.95. The number of aryl methyl sites for hydroxylation is 4. The molecule has 5 nitrogen and oxygen atoms in total. The van der Waals surface area contributed by atoms with E-state index in [2.05, 4.69) is 68.0 Å². The monoisotopic (exact) mass is 463 g/mol. The van der Waals surface area contributed by atoms with Crippen molar-refractivity contribution < 1.29 is 0 Å². The van der Waals surface area contributed by atoms with Gasteiger partial charge in [0.15, 0.2) is 0 Å². The zero-order valence-electron chi connectivity index (χ0n) is 21.2. The van der Waals surface area contributed by atoms with E-state index in [1.807, 2.05) is 37.3 Å². The van der Waals surface area contributed by atoms with Crippen molar-refractivity contribution >= 4 is 34.6 Å². The van der Waals surface area contributed by atoms with Crippen molar-refractivity contribution in [2.75, 3.05) is 11.1 Å². The van der Waals surface area contributed by atoms with Crippen molar-refractivity contribution in [3.8, 4) is 11.1 Å². The van der Waals surface area contributed by atoms with Crippen LogP contribution in [0.2, 0.25) is 0 Å². The van der Waals surface area contributed by atoms with Gasteiger partial charge in [-0.25, -0.2) is 9.97 Å². The average molecular weight is 464 g/mol. The number of fused-ring (bicyclic) bond motifs is 1. The van der Waals surface area contributed by atoms with Crippen LogP contribution in [-0.2, 0) is 6.42 Å². The molecule has 0 aliphatic carbocycles. The molecule has 2 aromatic carbocycles. The highest BCUT2D eigenvalue weighted by atomic mass is 15.2. The number of para-hydroxylation sites is 1. The normalized spacial score (nSPS) is 10.8. The van der Waals surface area contributed by atoms with Gasteiger partial charge in [0.1, 0.15) is 11.6 Å². The molecule has 5 heteroatoms. The average Bonchev–Trinajstić information content (AvgIpc) is 2.81. The highest BCUT2D eigenvalue weighted by molar-refractivity contribution is 6.00. The van der Waals surface area contributed by atoms with Crippen LogP contribution in [0.4, 0.5) is 17.6 Å². The van der Waals surface area contributed by atoms with Crippen LogP contribution in [0.15, 0.2) is 54.3 Å². The summed E-state index contributed by atoms with van der Waals surface area (Å²) in [6, 6.07) is 14.5. The van der Waals surface area contributed by atoms with Crippen molar-refractivity contribution in [2.24, 2.45) is 0 Å². The maximum absolute atomic E-state index is 6.39. The zero-order valence-corrected chi connectivity index (χ0v) is 21.2. The van der Waals surface area contributed by atoms with Crippen molar-refractivity contribution in [3.05, 3.63) is 82.2 Å². The molecule has 0 radical (unpaired) electrons. The molecule has 0 saturated heterocycles. The number of benzene rings is 2. The maximum Gasteiger partial charge on any atom is 0.230 e. The number of nitrogens with zero attached hydrogens (tertiary/aromatic N) is 3. The summed E-state index contributed by atoms with van der Waals surface area (Å²) in [5, 5.41) is 4.10. The second-order valence-electron chi connectivity index (χ2n) is 8.90. The van der Waals surface area contributed by atoms with Crippen LogP contribution >= 0.6 is 0 Å². The first kappa shape index (κ1) is 24.2. The predicted octanol–water partition coefficient (Wildman–Crippen LogP) is 7.47.